The van der Waals surface area contributed by atoms with Crippen molar-refractivity contribution in [2.45, 2.75) is 39.2 Å². The molecule has 3 N–H and O–H groups in total. The molecule has 13 heteroatoms. The van der Waals surface area contributed by atoms with Crippen molar-refractivity contribution in [3.63, 3.8) is 0 Å². The minimum Gasteiger partial charge on any atom is -0.492 e. The van der Waals surface area contributed by atoms with Crippen molar-refractivity contribution in [2.75, 3.05) is 23.4 Å². The van der Waals surface area contributed by atoms with Gasteiger partial charge in [0.05, 0.1) is 42.7 Å². The Morgan fingerprint density at radius 3 is 2.33 bits per heavy atom. The molecule has 0 aliphatic rings. The van der Waals surface area contributed by atoms with Crippen LogP contribution in [-0.2, 0) is 15.4 Å². The van der Waals surface area contributed by atoms with Crippen molar-refractivity contribution in [2.24, 2.45) is 0 Å². The molecule has 0 spiro atoms. The zero-order valence-corrected chi connectivity index (χ0v) is 25.5. The molecule has 0 unspecified atom stereocenters. The summed E-state index contributed by atoms with van der Waals surface area (Å²) in [5.74, 6) is -0.328. The van der Waals surface area contributed by atoms with Gasteiger partial charge in [-0.1, -0.05) is 67.5 Å². The number of hydrogen-bond donors (Lipinski definition) is 3. The van der Waals surface area contributed by atoms with Crippen molar-refractivity contribution < 1.29 is 27.5 Å². The lowest BCUT2D eigenvalue weighted by Gasteiger charge is -2.24. The number of nitrogens with zero attached hydrogens (tertiary/aromatic N) is 3. The van der Waals surface area contributed by atoms with Crippen LogP contribution in [0.25, 0.3) is 5.69 Å². The second-order valence-corrected chi connectivity index (χ2v) is 12.6. The third-order valence-electron chi connectivity index (χ3n) is 6.38. The molecule has 0 aliphatic heterocycles. The SMILES string of the molecule is COc1c(NC(=O)c2cccc(-n3cc(OC(=O)N[C@H](C)c4ccccc4)nn3)c2)cc(C(C)(C)C)cc1NS(C)(=O)=O. The van der Waals surface area contributed by atoms with Gasteiger partial charge in [-0.2, -0.15) is 0 Å². The quantitative estimate of drug-likeness (QED) is 0.239. The van der Waals surface area contributed by atoms with E-state index in [9.17, 15) is 18.0 Å². The van der Waals surface area contributed by atoms with E-state index in [4.69, 9.17) is 9.47 Å². The molecular formula is C30H34N6O6S. The highest BCUT2D eigenvalue weighted by Gasteiger charge is 2.23. The Morgan fingerprint density at radius 1 is 0.977 bits per heavy atom. The number of carbonyl (C=O) groups excluding carboxylic acids is 2. The summed E-state index contributed by atoms with van der Waals surface area (Å²) < 4.78 is 38.7. The highest BCUT2D eigenvalue weighted by Crippen LogP contribution is 2.39. The largest absolute Gasteiger partial charge is 0.492 e. The van der Waals surface area contributed by atoms with Gasteiger partial charge in [-0.05, 0) is 53.8 Å². The number of aromatic nitrogens is 3. The van der Waals surface area contributed by atoms with E-state index in [2.05, 4.69) is 25.7 Å². The number of hydrogen-bond acceptors (Lipinski definition) is 8. The molecule has 0 bridgehead atoms. The molecule has 3 aromatic carbocycles. The Balaban J connectivity index is 1.52. The zero-order valence-electron chi connectivity index (χ0n) is 24.7. The van der Waals surface area contributed by atoms with Gasteiger partial charge in [-0.15, -0.1) is 0 Å². The Bertz CT molecular complexity index is 1730. The summed E-state index contributed by atoms with van der Waals surface area (Å²) in [6, 6.07) is 19.2. The first kappa shape index (κ1) is 31.0. The molecule has 12 nitrogen and oxygen atoms in total. The average Bonchev–Trinajstić information content (AvgIpc) is 3.40. The van der Waals surface area contributed by atoms with Crippen molar-refractivity contribution in [1.82, 2.24) is 20.3 Å². The van der Waals surface area contributed by atoms with E-state index in [1.165, 1.54) is 18.0 Å². The lowest BCUT2D eigenvalue weighted by atomic mass is 9.86. The topological polar surface area (TPSA) is 154 Å². The first-order chi connectivity index (χ1) is 20.2. The maximum absolute atomic E-state index is 13.4. The number of benzene rings is 3. The Labute approximate surface area is 250 Å². The van der Waals surface area contributed by atoms with Crippen LogP contribution in [0.3, 0.4) is 0 Å². The fourth-order valence-corrected chi connectivity index (χ4v) is 4.73. The summed E-state index contributed by atoms with van der Waals surface area (Å²) in [7, 11) is -2.23. The predicted molar refractivity (Wildman–Crippen MR) is 163 cm³/mol. The van der Waals surface area contributed by atoms with Gasteiger partial charge in [0, 0.05) is 5.56 Å². The Kier molecular flexibility index (Phi) is 9.04. The molecule has 0 aliphatic carbocycles. The van der Waals surface area contributed by atoms with Crippen LogP contribution in [0.5, 0.6) is 11.6 Å². The van der Waals surface area contributed by atoms with Crippen molar-refractivity contribution in [3.05, 3.63) is 89.6 Å². The van der Waals surface area contributed by atoms with Crippen molar-refractivity contribution >= 4 is 33.4 Å². The van der Waals surface area contributed by atoms with Crippen LogP contribution in [0, 0.1) is 0 Å². The Hall–Kier alpha value is -4.91. The van der Waals surface area contributed by atoms with E-state index in [0.29, 0.717) is 11.4 Å². The average molecular weight is 607 g/mol. The van der Waals surface area contributed by atoms with Crippen LogP contribution in [0.1, 0.15) is 55.2 Å². The summed E-state index contributed by atoms with van der Waals surface area (Å²) >= 11 is 0. The minimum absolute atomic E-state index is 0.0257. The van der Waals surface area contributed by atoms with Gasteiger partial charge in [0.1, 0.15) is 0 Å². The van der Waals surface area contributed by atoms with E-state index in [-0.39, 0.29) is 34.3 Å². The predicted octanol–water partition coefficient (Wildman–Crippen LogP) is 5.05. The Morgan fingerprint density at radius 2 is 1.67 bits per heavy atom. The lowest BCUT2D eigenvalue weighted by Crippen LogP contribution is -2.29. The summed E-state index contributed by atoms with van der Waals surface area (Å²) in [6.07, 6.45) is 1.77. The normalized spacial score (nSPS) is 12.2. The number of sulfonamides is 1. The monoisotopic (exact) mass is 606 g/mol. The minimum atomic E-state index is -3.62. The molecule has 4 aromatic rings. The van der Waals surface area contributed by atoms with E-state index in [1.807, 2.05) is 58.0 Å². The number of methoxy groups -OCH3 is 1. The first-order valence-corrected chi connectivity index (χ1v) is 15.2. The van der Waals surface area contributed by atoms with Gasteiger partial charge in [0.25, 0.3) is 11.8 Å². The zero-order chi connectivity index (χ0) is 31.4. The van der Waals surface area contributed by atoms with Gasteiger partial charge < -0.3 is 20.1 Å². The molecular weight excluding hydrogens is 572 g/mol. The second kappa shape index (κ2) is 12.5. The third kappa shape index (κ3) is 8.10. The molecule has 2 amide bonds. The van der Waals surface area contributed by atoms with Gasteiger partial charge >= 0.3 is 6.09 Å². The molecule has 4 rings (SSSR count). The van der Waals surface area contributed by atoms with Crippen LogP contribution in [-0.4, -0.2) is 48.8 Å². The van der Waals surface area contributed by atoms with Crippen molar-refractivity contribution in [1.29, 1.82) is 0 Å². The van der Waals surface area contributed by atoms with Crippen LogP contribution >= 0.6 is 0 Å². The molecule has 0 radical (unpaired) electrons. The van der Waals surface area contributed by atoms with E-state index in [1.54, 1.807) is 36.4 Å². The smallest absolute Gasteiger partial charge is 0.414 e. The highest BCUT2D eigenvalue weighted by atomic mass is 32.2. The second-order valence-electron chi connectivity index (χ2n) is 10.9. The van der Waals surface area contributed by atoms with E-state index >= 15 is 0 Å². The molecule has 1 atom stereocenters. The molecule has 0 saturated carbocycles. The summed E-state index contributed by atoms with van der Waals surface area (Å²) in [4.78, 5) is 25.8. The number of amides is 2. The van der Waals surface area contributed by atoms with Gasteiger partial charge in [-0.25, -0.2) is 17.9 Å². The lowest BCUT2D eigenvalue weighted by molar-refractivity contribution is 0.102. The van der Waals surface area contributed by atoms with E-state index < -0.39 is 22.0 Å². The number of nitrogens with one attached hydrogen (secondary N) is 3. The number of ether oxygens (including phenoxy) is 2. The van der Waals surface area contributed by atoms with Crippen LogP contribution < -0.4 is 24.8 Å². The van der Waals surface area contributed by atoms with Crippen LogP contribution in [0.4, 0.5) is 16.2 Å². The molecule has 1 heterocycles. The fraction of sp³-hybridized carbons (Fsp3) is 0.267. The standard InChI is InChI=1S/C30H34N6O6S/c1-19(20-11-8-7-9-12-20)31-29(38)42-26-18-36(35-33-26)23-14-10-13-21(15-23)28(37)32-24-16-22(30(2,3)4)17-25(27(24)41-5)34-43(6,39)40/h7-19,34H,1-6H3,(H,31,38)(H,32,37)/t19-/m1/s1. The molecule has 226 valence electrons. The molecule has 43 heavy (non-hydrogen) atoms. The summed E-state index contributed by atoms with van der Waals surface area (Å²) in [5, 5.41) is 13.5. The number of anilines is 2. The number of carbonyl (C=O) groups is 2. The molecule has 0 fully saturated rings. The molecule has 1 aromatic heterocycles. The van der Waals surface area contributed by atoms with Crippen LogP contribution in [0.2, 0.25) is 0 Å². The maximum Gasteiger partial charge on any atom is 0.414 e. The highest BCUT2D eigenvalue weighted by molar-refractivity contribution is 7.92. The van der Waals surface area contributed by atoms with Gasteiger partial charge in [-0.3, -0.25) is 9.52 Å². The fourth-order valence-electron chi connectivity index (χ4n) is 4.18. The first-order valence-electron chi connectivity index (χ1n) is 13.3. The summed E-state index contributed by atoms with van der Waals surface area (Å²) in [5.41, 5.74) is 2.61. The summed E-state index contributed by atoms with van der Waals surface area (Å²) in [6.45, 7) is 7.75. The van der Waals surface area contributed by atoms with Gasteiger partial charge in [0.2, 0.25) is 10.0 Å². The molecule has 0 saturated heterocycles. The van der Waals surface area contributed by atoms with Crippen molar-refractivity contribution in [3.8, 4) is 17.3 Å². The number of rotatable bonds is 9. The van der Waals surface area contributed by atoms with E-state index in [0.717, 1.165) is 17.4 Å². The third-order valence-corrected chi connectivity index (χ3v) is 6.97. The van der Waals surface area contributed by atoms with Gasteiger partial charge in [0.15, 0.2) is 5.75 Å². The maximum atomic E-state index is 13.4. The van der Waals surface area contributed by atoms with Crippen LogP contribution in [0.15, 0.2) is 72.9 Å².